The number of hydrogen-bond acceptors (Lipinski definition) is 4. The number of ether oxygens (including phenoxy) is 3. The maximum absolute atomic E-state index is 11.0. The quantitative estimate of drug-likeness (QED) is 0.737. The molecule has 0 aromatic heterocycles. The molecule has 1 N–H and O–H groups in total. The molecule has 0 saturated heterocycles. The van der Waals surface area contributed by atoms with Crippen molar-refractivity contribution in [3.63, 3.8) is 0 Å². The van der Waals surface area contributed by atoms with E-state index in [0.29, 0.717) is 29.2 Å². The van der Waals surface area contributed by atoms with Crippen LogP contribution < -0.4 is 14.2 Å². The summed E-state index contributed by atoms with van der Waals surface area (Å²) in [4.78, 5) is 11.0. The fourth-order valence-electron chi connectivity index (χ4n) is 2.00. The second kappa shape index (κ2) is 7.87. The first-order valence-electron chi connectivity index (χ1n) is 6.95. The fraction of sp³-hybridized carbons (Fsp3) is 0.235. The van der Waals surface area contributed by atoms with Gasteiger partial charge in [0.05, 0.1) is 17.1 Å². The summed E-state index contributed by atoms with van der Waals surface area (Å²) < 4.78 is 17.0. The molecule has 0 radical (unpaired) electrons. The summed E-state index contributed by atoms with van der Waals surface area (Å²) in [6.07, 6.45) is 0. The molecule has 0 aliphatic heterocycles. The summed E-state index contributed by atoms with van der Waals surface area (Å²) in [6.45, 7) is 2.64. The van der Waals surface area contributed by atoms with Crippen LogP contribution in [0.25, 0.3) is 0 Å². The van der Waals surface area contributed by atoms with Crippen molar-refractivity contribution in [1.29, 1.82) is 0 Å². The van der Waals surface area contributed by atoms with Crippen LogP contribution in [0.1, 0.15) is 15.9 Å². The molecular formula is C17H17BrO5. The van der Waals surface area contributed by atoms with E-state index in [9.17, 15) is 4.79 Å². The second-order valence-corrected chi connectivity index (χ2v) is 5.61. The molecule has 0 saturated carbocycles. The van der Waals surface area contributed by atoms with E-state index in [1.807, 2.05) is 31.2 Å². The zero-order chi connectivity index (χ0) is 16.8. The first kappa shape index (κ1) is 17.1. The van der Waals surface area contributed by atoms with E-state index in [2.05, 4.69) is 15.9 Å². The predicted octanol–water partition coefficient (Wildman–Crippen LogP) is 3.92. The minimum Gasteiger partial charge on any atom is -0.493 e. The smallest absolute Gasteiger partial charge is 0.335 e. The summed E-state index contributed by atoms with van der Waals surface area (Å²) in [6, 6.07) is 10.6. The van der Waals surface area contributed by atoms with E-state index in [1.54, 1.807) is 0 Å². The first-order valence-corrected chi connectivity index (χ1v) is 7.74. The SMILES string of the molecule is COc1cc(C(=O)O)cc(Br)c1OCCOc1ccccc1C. The van der Waals surface area contributed by atoms with Crippen LogP contribution in [0.5, 0.6) is 17.2 Å². The second-order valence-electron chi connectivity index (χ2n) is 4.76. The minimum absolute atomic E-state index is 0.122. The van der Waals surface area contributed by atoms with Gasteiger partial charge < -0.3 is 19.3 Å². The molecule has 2 aromatic rings. The number of benzene rings is 2. The highest BCUT2D eigenvalue weighted by Gasteiger charge is 2.15. The Morgan fingerprint density at radius 1 is 1.13 bits per heavy atom. The minimum atomic E-state index is -1.03. The Morgan fingerprint density at radius 3 is 2.48 bits per heavy atom. The van der Waals surface area contributed by atoms with Crippen molar-refractivity contribution in [3.8, 4) is 17.2 Å². The standard InChI is InChI=1S/C17H17BrO5/c1-11-5-3-4-6-14(11)22-7-8-23-16-13(18)9-12(17(19)20)10-15(16)21-2/h3-6,9-10H,7-8H2,1-2H3,(H,19,20). The number of carbonyl (C=O) groups is 1. The number of carboxylic acids is 1. The summed E-state index contributed by atoms with van der Waals surface area (Å²) in [7, 11) is 1.46. The molecule has 5 nitrogen and oxygen atoms in total. The Hall–Kier alpha value is -2.21. The average Bonchev–Trinajstić information content (AvgIpc) is 2.53. The van der Waals surface area contributed by atoms with Crippen molar-refractivity contribution in [2.75, 3.05) is 20.3 Å². The molecule has 0 heterocycles. The van der Waals surface area contributed by atoms with Crippen molar-refractivity contribution < 1.29 is 24.1 Å². The zero-order valence-corrected chi connectivity index (χ0v) is 14.4. The third-order valence-corrected chi connectivity index (χ3v) is 3.75. The van der Waals surface area contributed by atoms with Crippen LogP contribution in [0.2, 0.25) is 0 Å². The molecule has 0 fully saturated rings. The molecule has 0 bridgehead atoms. The van der Waals surface area contributed by atoms with E-state index in [-0.39, 0.29) is 5.56 Å². The number of methoxy groups -OCH3 is 1. The van der Waals surface area contributed by atoms with Crippen molar-refractivity contribution in [2.45, 2.75) is 6.92 Å². The molecule has 6 heteroatoms. The molecule has 0 aliphatic carbocycles. The number of aryl methyl sites for hydroxylation is 1. The number of hydrogen-bond donors (Lipinski definition) is 1. The number of halogens is 1. The molecule has 122 valence electrons. The summed E-state index contributed by atoms with van der Waals surface area (Å²) in [5, 5.41) is 9.05. The lowest BCUT2D eigenvalue weighted by Crippen LogP contribution is -2.11. The molecule has 0 amide bonds. The lowest BCUT2D eigenvalue weighted by atomic mass is 10.2. The van der Waals surface area contributed by atoms with Crippen LogP contribution in [0.15, 0.2) is 40.9 Å². The number of carboxylic acid groups (broad SMARTS) is 1. The van der Waals surface area contributed by atoms with Crippen LogP contribution in [0.4, 0.5) is 0 Å². The maximum Gasteiger partial charge on any atom is 0.335 e. The lowest BCUT2D eigenvalue weighted by Gasteiger charge is -2.14. The van der Waals surface area contributed by atoms with Gasteiger partial charge in [-0.15, -0.1) is 0 Å². The Bertz CT molecular complexity index is 699. The van der Waals surface area contributed by atoms with E-state index in [1.165, 1.54) is 19.2 Å². The monoisotopic (exact) mass is 380 g/mol. The number of rotatable bonds is 7. The Kier molecular flexibility index (Phi) is 5.87. The summed E-state index contributed by atoms with van der Waals surface area (Å²) in [5.74, 6) is 0.584. The predicted molar refractivity (Wildman–Crippen MR) is 89.8 cm³/mol. The van der Waals surface area contributed by atoms with Gasteiger partial charge in [0.1, 0.15) is 19.0 Å². The topological polar surface area (TPSA) is 65.0 Å². The summed E-state index contributed by atoms with van der Waals surface area (Å²) in [5.41, 5.74) is 1.18. The average molecular weight is 381 g/mol. The molecule has 0 unspecified atom stereocenters. The molecule has 0 spiro atoms. The highest BCUT2D eigenvalue weighted by atomic mass is 79.9. The van der Waals surface area contributed by atoms with Gasteiger partial charge in [0, 0.05) is 0 Å². The van der Waals surface area contributed by atoms with Gasteiger partial charge in [0.15, 0.2) is 11.5 Å². The molecule has 23 heavy (non-hydrogen) atoms. The molecule has 2 rings (SSSR count). The molecular weight excluding hydrogens is 364 g/mol. The van der Waals surface area contributed by atoms with Gasteiger partial charge in [-0.2, -0.15) is 0 Å². The Balaban J connectivity index is 2.00. The van der Waals surface area contributed by atoms with Crippen molar-refractivity contribution in [1.82, 2.24) is 0 Å². The highest BCUT2D eigenvalue weighted by Crippen LogP contribution is 2.36. The van der Waals surface area contributed by atoms with Gasteiger partial charge in [-0.05, 0) is 46.6 Å². The van der Waals surface area contributed by atoms with Gasteiger partial charge >= 0.3 is 5.97 Å². The fourth-order valence-corrected chi connectivity index (χ4v) is 2.55. The first-order chi connectivity index (χ1) is 11.0. The van der Waals surface area contributed by atoms with Crippen molar-refractivity contribution in [2.24, 2.45) is 0 Å². The van der Waals surface area contributed by atoms with Crippen molar-refractivity contribution in [3.05, 3.63) is 52.0 Å². The molecule has 0 atom stereocenters. The van der Waals surface area contributed by atoms with Gasteiger partial charge in [-0.3, -0.25) is 0 Å². The van der Waals surface area contributed by atoms with Crippen LogP contribution in [-0.2, 0) is 0 Å². The van der Waals surface area contributed by atoms with Crippen LogP contribution in [0, 0.1) is 6.92 Å². The maximum atomic E-state index is 11.0. The number of para-hydroxylation sites is 1. The van der Waals surface area contributed by atoms with Crippen LogP contribution >= 0.6 is 15.9 Å². The zero-order valence-electron chi connectivity index (χ0n) is 12.8. The van der Waals surface area contributed by atoms with E-state index in [4.69, 9.17) is 19.3 Å². The third-order valence-electron chi connectivity index (χ3n) is 3.16. The lowest BCUT2D eigenvalue weighted by molar-refractivity contribution is 0.0696. The molecule has 0 aliphatic rings. The van der Waals surface area contributed by atoms with E-state index < -0.39 is 5.97 Å². The van der Waals surface area contributed by atoms with Gasteiger partial charge in [0.2, 0.25) is 0 Å². The van der Waals surface area contributed by atoms with Gasteiger partial charge in [-0.1, -0.05) is 18.2 Å². The number of aromatic carboxylic acids is 1. The highest BCUT2D eigenvalue weighted by molar-refractivity contribution is 9.10. The van der Waals surface area contributed by atoms with Gasteiger partial charge in [-0.25, -0.2) is 4.79 Å². The third kappa shape index (κ3) is 4.39. The Morgan fingerprint density at radius 2 is 1.83 bits per heavy atom. The Labute approximate surface area is 142 Å². The van der Waals surface area contributed by atoms with Gasteiger partial charge in [0.25, 0.3) is 0 Å². The van der Waals surface area contributed by atoms with E-state index in [0.717, 1.165) is 11.3 Å². The molecule has 2 aromatic carbocycles. The largest absolute Gasteiger partial charge is 0.493 e. The normalized spacial score (nSPS) is 10.2. The van der Waals surface area contributed by atoms with Crippen LogP contribution in [-0.4, -0.2) is 31.4 Å². The van der Waals surface area contributed by atoms with Crippen molar-refractivity contribution >= 4 is 21.9 Å². The van der Waals surface area contributed by atoms with Crippen LogP contribution in [0.3, 0.4) is 0 Å². The summed E-state index contributed by atoms with van der Waals surface area (Å²) >= 11 is 3.31. The van der Waals surface area contributed by atoms with E-state index >= 15 is 0 Å².